The minimum Gasteiger partial charge on any atom is -0.317 e. The molecule has 2 heterocycles. The van der Waals surface area contributed by atoms with Gasteiger partial charge in [0.15, 0.2) is 0 Å². The maximum absolute atomic E-state index is 13.0. The van der Waals surface area contributed by atoms with Gasteiger partial charge < -0.3 is 5.32 Å². The SMILES string of the molecule is CC(C)N(C)S(=O)(=O)N1CCCCCC1C1CCNCC1. The fraction of sp³-hybridized carbons (Fsp3) is 1.00. The van der Waals surface area contributed by atoms with Crippen LogP contribution in [0.25, 0.3) is 0 Å². The highest BCUT2D eigenvalue weighted by Gasteiger charge is 2.38. The number of rotatable bonds is 4. The Bertz CT molecular complexity index is 419. The summed E-state index contributed by atoms with van der Waals surface area (Å²) in [5.74, 6) is 0.514. The smallest absolute Gasteiger partial charge is 0.282 e. The minimum atomic E-state index is -3.34. The standard InChI is InChI=1S/C15H31N3O2S/c1-13(2)17(3)21(19,20)18-12-6-4-5-7-15(18)14-8-10-16-11-9-14/h13-16H,4-12H2,1-3H3. The molecule has 0 bridgehead atoms. The first-order chi connectivity index (χ1) is 9.94. The molecule has 0 amide bonds. The van der Waals surface area contributed by atoms with Gasteiger partial charge in [-0.2, -0.15) is 17.0 Å². The summed E-state index contributed by atoms with van der Waals surface area (Å²) in [5.41, 5.74) is 0. The van der Waals surface area contributed by atoms with E-state index in [1.165, 1.54) is 4.31 Å². The summed E-state index contributed by atoms with van der Waals surface area (Å²) in [4.78, 5) is 0. The molecule has 2 saturated heterocycles. The Balaban J connectivity index is 2.22. The number of hydrogen-bond donors (Lipinski definition) is 1. The Hall–Kier alpha value is -0.170. The summed E-state index contributed by atoms with van der Waals surface area (Å²) in [6, 6.07) is 0.202. The molecule has 2 rings (SSSR count). The van der Waals surface area contributed by atoms with E-state index in [1.54, 1.807) is 7.05 Å². The molecule has 0 aromatic rings. The molecule has 0 saturated carbocycles. The van der Waals surface area contributed by atoms with Crippen LogP contribution < -0.4 is 5.32 Å². The van der Waals surface area contributed by atoms with Gasteiger partial charge in [-0.1, -0.05) is 12.8 Å². The van der Waals surface area contributed by atoms with E-state index in [4.69, 9.17) is 0 Å². The first-order valence-corrected chi connectivity index (χ1v) is 9.80. The highest BCUT2D eigenvalue weighted by molar-refractivity contribution is 7.86. The van der Waals surface area contributed by atoms with Gasteiger partial charge in [-0.05, 0) is 58.5 Å². The highest BCUT2D eigenvalue weighted by Crippen LogP contribution is 2.31. The lowest BCUT2D eigenvalue weighted by Gasteiger charge is -2.39. The summed E-state index contributed by atoms with van der Waals surface area (Å²) < 4.78 is 29.3. The van der Waals surface area contributed by atoms with Gasteiger partial charge in [0.1, 0.15) is 0 Å². The summed E-state index contributed by atoms with van der Waals surface area (Å²) in [6.07, 6.45) is 6.53. The van der Waals surface area contributed by atoms with E-state index in [9.17, 15) is 8.42 Å². The summed E-state index contributed by atoms with van der Waals surface area (Å²) in [5, 5.41) is 3.39. The third kappa shape index (κ3) is 3.97. The zero-order chi connectivity index (χ0) is 15.5. The van der Waals surface area contributed by atoms with Crippen molar-refractivity contribution in [2.24, 2.45) is 5.92 Å². The van der Waals surface area contributed by atoms with Gasteiger partial charge >= 0.3 is 0 Å². The topological polar surface area (TPSA) is 52.7 Å². The Labute approximate surface area is 130 Å². The molecule has 5 nitrogen and oxygen atoms in total. The van der Waals surface area contributed by atoms with Crippen LogP contribution in [0.3, 0.4) is 0 Å². The Kier molecular flexibility index (Phi) is 6.05. The van der Waals surface area contributed by atoms with Crippen LogP contribution in [0.1, 0.15) is 52.4 Å². The first kappa shape index (κ1) is 17.2. The first-order valence-electron chi connectivity index (χ1n) is 8.40. The van der Waals surface area contributed by atoms with Crippen molar-refractivity contribution in [2.45, 2.75) is 64.5 Å². The number of hydrogen-bond acceptors (Lipinski definition) is 3. The zero-order valence-electron chi connectivity index (χ0n) is 13.7. The molecule has 1 N–H and O–H groups in total. The molecular weight excluding hydrogens is 286 g/mol. The third-order valence-corrected chi connectivity index (χ3v) is 7.26. The molecule has 2 aliphatic heterocycles. The van der Waals surface area contributed by atoms with E-state index < -0.39 is 10.2 Å². The molecule has 6 heteroatoms. The maximum Gasteiger partial charge on any atom is 0.282 e. The van der Waals surface area contributed by atoms with Gasteiger partial charge in [0.05, 0.1) is 0 Å². The average molecular weight is 317 g/mol. The van der Waals surface area contributed by atoms with Crippen LogP contribution in [-0.4, -0.2) is 55.8 Å². The molecular formula is C15H31N3O2S. The summed E-state index contributed by atoms with van der Waals surface area (Å²) >= 11 is 0. The van der Waals surface area contributed by atoms with Crippen LogP contribution in [0, 0.1) is 5.92 Å². The molecule has 21 heavy (non-hydrogen) atoms. The van der Waals surface area contributed by atoms with Crippen LogP contribution >= 0.6 is 0 Å². The van der Waals surface area contributed by atoms with Gasteiger partial charge in [-0.25, -0.2) is 0 Å². The Morgan fingerprint density at radius 1 is 1.10 bits per heavy atom. The normalized spacial score (nSPS) is 27.2. The van der Waals surface area contributed by atoms with Gasteiger partial charge in [0.25, 0.3) is 10.2 Å². The van der Waals surface area contributed by atoms with Gasteiger partial charge in [0.2, 0.25) is 0 Å². The Morgan fingerprint density at radius 3 is 2.38 bits per heavy atom. The predicted molar refractivity (Wildman–Crippen MR) is 86.4 cm³/mol. The van der Waals surface area contributed by atoms with E-state index in [0.29, 0.717) is 12.5 Å². The molecule has 124 valence electrons. The van der Waals surface area contributed by atoms with E-state index in [1.807, 2.05) is 18.2 Å². The van der Waals surface area contributed by atoms with Crippen molar-refractivity contribution in [2.75, 3.05) is 26.7 Å². The van der Waals surface area contributed by atoms with Crippen LogP contribution in [0.5, 0.6) is 0 Å². The van der Waals surface area contributed by atoms with E-state index in [0.717, 1.165) is 51.6 Å². The molecule has 0 spiro atoms. The largest absolute Gasteiger partial charge is 0.317 e. The van der Waals surface area contributed by atoms with Crippen molar-refractivity contribution in [1.82, 2.24) is 13.9 Å². The maximum atomic E-state index is 13.0. The van der Waals surface area contributed by atoms with Crippen LogP contribution in [0.4, 0.5) is 0 Å². The number of nitrogens with one attached hydrogen (secondary N) is 1. The van der Waals surface area contributed by atoms with Crippen molar-refractivity contribution >= 4 is 10.2 Å². The Morgan fingerprint density at radius 2 is 1.76 bits per heavy atom. The third-order valence-electron chi connectivity index (χ3n) is 5.06. The lowest BCUT2D eigenvalue weighted by atomic mass is 9.88. The second kappa shape index (κ2) is 7.40. The fourth-order valence-electron chi connectivity index (χ4n) is 3.53. The summed E-state index contributed by atoms with van der Waals surface area (Å²) in [7, 11) is -1.62. The molecule has 1 atom stereocenters. The summed E-state index contributed by atoms with van der Waals surface area (Å²) in [6.45, 7) is 6.61. The molecule has 1 unspecified atom stereocenters. The molecule has 0 aliphatic carbocycles. The van der Waals surface area contributed by atoms with Crippen LogP contribution in [0.2, 0.25) is 0 Å². The second-order valence-corrected chi connectivity index (χ2v) is 8.67. The van der Waals surface area contributed by atoms with Gasteiger partial charge in [0, 0.05) is 25.7 Å². The van der Waals surface area contributed by atoms with Crippen molar-refractivity contribution in [3.05, 3.63) is 0 Å². The number of piperidine rings is 1. The van der Waals surface area contributed by atoms with E-state index in [2.05, 4.69) is 5.32 Å². The van der Waals surface area contributed by atoms with Crippen LogP contribution in [-0.2, 0) is 10.2 Å². The number of nitrogens with zero attached hydrogens (tertiary/aromatic N) is 2. The highest BCUT2D eigenvalue weighted by atomic mass is 32.2. The molecule has 0 radical (unpaired) electrons. The minimum absolute atomic E-state index is 0.00641. The average Bonchev–Trinajstić information content (AvgIpc) is 2.73. The molecule has 2 fully saturated rings. The van der Waals surface area contributed by atoms with E-state index >= 15 is 0 Å². The van der Waals surface area contributed by atoms with Crippen molar-refractivity contribution < 1.29 is 8.42 Å². The monoisotopic (exact) mass is 317 g/mol. The van der Waals surface area contributed by atoms with Crippen molar-refractivity contribution in [3.63, 3.8) is 0 Å². The van der Waals surface area contributed by atoms with Crippen LogP contribution in [0.15, 0.2) is 0 Å². The molecule has 0 aromatic carbocycles. The van der Waals surface area contributed by atoms with Gasteiger partial charge in [-0.3, -0.25) is 0 Å². The lowest BCUT2D eigenvalue weighted by Crippen LogP contribution is -2.52. The molecule has 2 aliphatic rings. The van der Waals surface area contributed by atoms with Gasteiger partial charge in [-0.15, -0.1) is 0 Å². The van der Waals surface area contributed by atoms with E-state index in [-0.39, 0.29) is 12.1 Å². The predicted octanol–water partition coefficient (Wildman–Crippen LogP) is 1.82. The lowest BCUT2D eigenvalue weighted by molar-refractivity contribution is 0.186. The molecule has 0 aromatic heterocycles. The zero-order valence-corrected chi connectivity index (χ0v) is 14.5. The quantitative estimate of drug-likeness (QED) is 0.860. The van der Waals surface area contributed by atoms with Crippen molar-refractivity contribution in [1.29, 1.82) is 0 Å². The van der Waals surface area contributed by atoms with Crippen molar-refractivity contribution in [3.8, 4) is 0 Å². The second-order valence-electron chi connectivity index (χ2n) is 6.73. The fourth-order valence-corrected chi connectivity index (χ4v) is 5.37.